The second-order valence-corrected chi connectivity index (χ2v) is 4.98. The standard InChI is InChI=1S/C13H17N3OS/c1-8-4-5-9(12(14)18)11(7-8)16-10-3-2-6-15-13(10)17/h4-5,7,10,16H,2-3,6H2,1H3,(H2,14,18)(H,15,17). The maximum atomic E-state index is 11.7. The van der Waals surface area contributed by atoms with Crippen molar-refractivity contribution in [1.29, 1.82) is 0 Å². The maximum absolute atomic E-state index is 11.7. The summed E-state index contributed by atoms with van der Waals surface area (Å²) in [5.41, 5.74) is 8.42. The summed E-state index contributed by atoms with van der Waals surface area (Å²) >= 11 is 5.03. The zero-order valence-electron chi connectivity index (χ0n) is 10.3. The first-order chi connectivity index (χ1) is 8.58. The largest absolute Gasteiger partial charge is 0.389 e. The van der Waals surface area contributed by atoms with Crippen LogP contribution in [0, 0.1) is 6.92 Å². The number of carbonyl (C=O) groups excluding carboxylic acids is 1. The molecule has 1 saturated heterocycles. The number of benzene rings is 1. The van der Waals surface area contributed by atoms with E-state index in [-0.39, 0.29) is 11.9 Å². The van der Waals surface area contributed by atoms with Crippen molar-refractivity contribution in [3.8, 4) is 0 Å². The van der Waals surface area contributed by atoms with Crippen molar-refractivity contribution in [2.45, 2.75) is 25.8 Å². The van der Waals surface area contributed by atoms with Gasteiger partial charge in [0.1, 0.15) is 11.0 Å². The van der Waals surface area contributed by atoms with Gasteiger partial charge in [-0.25, -0.2) is 0 Å². The van der Waals surface area contributed by atoms with Crippen molar-refractivity contribution in [3.05, 3.63) is 29.3 Å². The van der Waals surface area contributed by atoms with E-state index in [0.29, 0.717) is 4.99 Å². The average molecular weight is 263 g/mol. The molecule has 96 valence electrons. The third-order valence-electron chi connectivity index (χ3n) is 3.06. The molecule has 1 unspecified atom stereocenters. The smallest absolute Gasteiger partial charge is 0.242 e. The van der Waals surface area contributed by atoms with Crippen LogP contribution in [0.25, 0.3) is 0 Å². The van der Waals surface area contributed by atoms with Crippen LogP contribution in [0.5, 0.6) is 0 Å². The average Bonchev–Trinajstić information content (AvgIpc) is 2.32. The first-order valence-electron chi connectivity index (χ1n) is 6.02. The molecule has 0 spiro atoms. The third-order valence-corrected chi connectivity index (χ3v) is 3.28. The van der Waals surface area contributed by atoms with Gasteiger partial charge >= 0.3 is 0 Å². The number of nitrogens with two attached hydrogens (primary N) is 1. The fraction of sp³-hybridized carbons (Fsp3) is 0.385. The molecule has 1 atom stereocenters. The van der Waals surface area contributed by atoms with Gasteiger partial charge in [0.15, 0.2) is 0 Å². The number of aryl methyl sites for hydroxylation is 1. The molecule has 1 aliphatic rings. The van der Waals surface area contributed by atoms with Gasteiger partial charge in [-0.05, 0) is 37.5 Å². The molecule has 2 rings (SSSR count). The molecule has 1 fully saturated rings. The van der Waals surface area contributed by atoms with E-state index in [1.54, 1.807) is 0 Å². The van der Waals surface area contributed by atoms with E-state index in [9.17, 15) is 4.79 Å². The lowest BCUT2D eigenvalue weighted by atomic mass is 10.0. The van der Waals surface area contributed by atoms with E-state index >= 15 is 0 Å². The second-order valence-electron chi connectivity index (χ2n) is 4.54. The highest BCUT2D eigenvalue weighted by atomic mass is 32.1. The molecule has 1 aliphatic heterocycles. The maximum Gasteiger partial charge on any atom is 0.242 e. The Kier molecular flexibility index (Phi) is 3.81. The Labute approximate surface area is 112 Å². The van der Waals surface area contributed by atoms with Crippen LogP contribution < -0.4 is 16.4 Å². The lowest BCUT2D eigenvalue weighted by Gasteiger charge is -2.25. The summed E-state index contributed by atoms with van der Waals surface area (Å²) in [4.78, 5) is 12.1. The van der Waals surface area contributed by atoms with Crippen molar-refractivity contribution >= 4 is 28.8 Å². The number of nitrogens with one attached hydrogen (secondary N) is 2. The summed E-state index contributed by atoms with van der Waals surface area (Å²) < 4.78 is 0. The summed E-state index contributed by atoms with van der Waals surface area (Å²) in [5.74, 6) is 0.0386. The van der Waals surface area contributed by atoms with Crippen molar-refractivity contribution in [3.63, 3.8) is 0 Å². The summed E-state index contributed by atoms with van der Waals surface area (Å²) in [6, 6.07) is 5.62. The molecular weight excluding hydrogens is 246 g/mol. The fourth-order valence-electron chi connectivity index (χ4n) is 2.09. The molecule has 1 amide bonds. The second kappa shape index (κ2) is 5.35. The van der Waals surface area contributed by atoms with E-state index in [2.05, 4.69) is 10.6 Å². The monoisotopic (exact) mass is 263 g/mol. The van der Waals surface area contributed by atoms with Gasteiger partial charge in [-0.15, -0.1) is 0 Å². The van der Waals surface area contributed by atoms with Crippen molar-refractivity contribution in [2.75, 3.05) is 11.9 Å². The van der Waals surface area contributed by atoms with Crippen LogP contribution in [0.3, 0.4) is 0 Å². The van der Waals surface area contributed by atoms with Crippen molar-refractivity contribution < 1.29 is 4.79 Å². The fourth-order valence-corrected chi connectivity index (χ4v) is 2.27. The highest BCUT2D eigenvalue weighted by Crippen LogP contribution is 2.20. The summed E-state index contributed by atoms with van der Waals surface area (Å²) in [7, 11) is 0. The van der Waals surface area contributed by atoms with Crippen LogP contribution in [0.1, 0.15) is 24.0 Å². The molecular formula is C13H17N3OS. The van der Waals surface area contributed by atoms with Crippen LogP contribution in [0.4, 0.5) is 5.69 Å². The van der Waals surface area contributed by atoms with Gasteiger partial charge in [-0.1, -0.05) is 18.3 Å². The predicted molar refractivity (Wildman–Crippen MR) is 76.7 cm³/mol. The molecule has 1 heterocycles. The number of thiocarbonyl (C=S) groups is 1. The molecule has 4 nitrogen and oxygen atoms in total. The van der Waals surface area contributed by atoms with Gasteiger partial charge in [-0.3, -0.25) is 4.79 Å². The van der Waals surface area contributed by atoms with Gasteiger partial charge in [-0.2, -0.15) is 0 Å². The van der Waals surface area contributed by atoms with E-state index < -0.39 is 0 Å². The molecule has 1 aromatic carbocycles. The van der Waals surface area contributed by atoms with Crippen molar-refractivity contribution in [1.82, 2.24) is 5.32 Å². The van der Waals surface area contributed by atoms with Crippen LogP contribution in [-0.2, 0) is 4.79 Å². The van der Waals surface area contributed by atoms with Crippen LogP contribution in [0.2, 0.25) is 0 Å². The molecule has 0 bridgehead atoms. The van der Waals surface area contributed by atoms with Crippen LogP contribution in [0.15, 0.2) is 18.2 Å². The topological polar surface area (TPSA) is 67.2 Å². The number of hydrogen-bond acceptors (Lipinski definition) is 3. The summed E-state index contributed by atoms with van der Waals surface area (Å²) in [6.07, 6.45) is 1.81. The number of hydrogen-bond donors (Lipinski definition) is 3. The van der Waals surface area contributed by atoms with Crippen LogP contribution in [-0.4, -0.2) is 23.5 Å². The van der Waals surface area contributed by atoms with E-state index in [1.807, 2.05) is 25.1 Å². The molecule has 0 aliphatic carbocycles. The Morgan fingerprint density at radius 2 is 2.33 bits per heavy atom. The lowest BCUT2D eigenvalue weighted by Crippen LogP contribution is -2.44. The van der Waals surface area contributed by atoms with Gasteiger partial charge in [0, 0.05) is 17.8 Å². The van der Waals surface area contributed by atoms with Crippen LogP contribution >= 0.6 is 12.2 Å². The Morgan fingerprint density at radius 3 is 3.00 bits per heavy atom. The third kappa shape index (κ3) is 2.79. The highest BCUT2D eigenvalue weighted by Gasteiger charge is 2.22. The quantitative estimate of drug-likeness (QED) is 0.720. The van der Waals surface area contributed by atoms with E-state index in [0.717, 1.165) is 36.2 Å². The Hall–Kier alpha value is -1.62. The predicted octanol–water partition coefficient (Wildman–Crippen LogP) is 1.32. The Balaban J connectivity index is 2.24. The Morgan fingerprint density at radius 1 is 1.56 bits per heavy atom. The molecule has 0 aromatic heterocycles. The zero-order chi connectivity index (χ0) is 13.1. The molecule has 1 aromatic rings. The van der Waals surface area contributed by atoms with E-state index in [1.165, 1.54) is 0 Å². The zero-order valence-corrected chi connectivity index (χ0v) is 11.1. The molecule has 18 heavy (non-hydrogen) atoms. The first kappa shape index (κ1) is 12.8. The normalized spacial score (nSPS) is 19.2. The minimum atomic E-state index is -0.200. The molecule has 0 radical (unpaired) electrons. The van der Waals surface area contributed by atoms with Gasteiger partial charge in [0.25, 0.3) is 0 Å². The molecule has 4 N–H and O–H groups in total. The highest BCUT2D eigenvalue weighted by molar-refractivity contribution is 7.80. The van der Waals surface area contributed by atoms with Gasteiger partial charge in [0.2, 0.25) is 5.91 Å². The minimum absolute atomic E-state index is 0.0386. The summed E-state index contributed by atoms with van der Waals surface area (Å²) in [6.45, 7) is 2.75. The number of amides is 1. The summed E-state index contributed by atoms with van der Waals surface area (Å²) in [5, 5.41) is 6.09. The number of carbonyl (C=O) groups is 1. The first-order valence-corrected chi connectivity index (χ1v) is 6.43. The number of rotatable bonds is 3. The molecule has 0 saturated carbocycles. The van der Waals surface area contributed by atoms with E-state index in [4.69, 9.17) is 18.0 Å². The SMILES string of the molecule is Cc1ccc(C(N)=S)c(NC2CCCNC2=O)c1. The van der Waals surface area contributed by atoms with Gasteiger partial charge < -0.3 is 16.4 Å². The molecule has 5 heteroatoms. The minimum Gasteiger partial charge on any atom is -0.389 e. The number of piperidine rings is 1. The Bertz CT molecular complexity index is 487. The lowest BCUT2D eigenvalue weighted by molar-refractivity contribution is -0.123. The number of anilines is 1. The van der Waals surface area contributed by atoms with Crippen molar-refractivity contribution in [2.24, 2.45) is 5.73 Å². The van der Waals surface area contributed by atoms with Gasteiger partial charge in [0.05, 0.1) is 0 Å².